The maximum atomic E-state index is 14.7. The number of halogens is 1. The van der Waals surface area contributed by atoms with E-state index in [1.807, 2.05) is 6.20 Å². The van der Waals surface area contributed by atoms with Gasteiger partial charge in [0, 0.05) is 55.9 Å². The molecule has 2 heterocycles. The number of hydrogen-bond acceptors (Lipinski definition) is 7. The summed E-state index contributed by atoms with van der Waals surface area (Å²) in [6, 6.07) is 15.2. The van der Waals surface area contributed by atoms with Gasteiger partial charge in [-0.25, -0.2) is 4.39 Å². The second-order valence-electron chi connectivity index (χ2n) is 11.1. The van der Waals surface area contributed by atoms with Crippen LogP contribution in [0.5, 0.6) is 0 Å². The summed E-state index contributed by atoms with van der Waals surface area (Å²) in [6.45, 7) is 2.93. The van der Waals surface area contributed by atoms with Crippen molar-refractivity contribution in [1.29, 1.82) is 0 Å². The molecule has 1 aliphatic carbocycles. The first-order chi connectivity index (χ1) is 19.7. The van der Waals surface area contributed by atoms with Crippen LogP contribution in [-0.4, -0.2) is 60.0 Å². The number of alkyl halides is 1. The maximum absolute atomic E-state index is 14.7. The van der Waals surface area contributed by atoms with Crippen LogP contribution >= 0.6 is 0 Å². The summed E-state index contributed by atoms with van der Waals surface area (Å²) in [5.74, 6) is -1.13. The number of hydrazine groups is 2. The number of nitrogens with two attached hydrogens (primary N) is 1. The van der Waals surface area contributed by atoms with Gasteiger partial charge in [0.25, 0.3) is 11.8 Å². The van der Waals surface area contributed by atoms with E-state index < -0.39 is 17.6 Å². The van der Waals surface area contributed by atoms with E-state index in [1.54, 1.807) is 35.5 Å². The number of rotatable bonds is 11. The number of amides is 3. The number of carbonyl (C=O) groups is 3. The number of likely N-dealkylation sites (tertiary alicyclic amines) is 1. The van der Waals surface area contributed by atoms with Gasteiger partial charge in [-0.1, -0.05) is 29.8 Å². The molecule has 5 rings (SSSR count). The van der Waals surface area contributed by atoms with Crippen molar-refractivity contribution in [1.82, 2.24) is 26.5 Å². The zero-order valence-corrected chi connectivity index (χ0v) is 23.2. The van der Waals surface area contributed by atoms with E-state index in [-0.39, 0.29) is 37.7 Å². The highest BCUT2D eigenvalue weighted by Gasteiger charge is 2.42. The number of nitrogens with zero attached hydrogens (tertiary/aromatic N) is 2. The van der Waals surface area contributed by atoms with E-state index in [1.165, 1.54) is 16.0 Å². The van der Waals surface area contributed by atoms with Gasteiger partial charge < -0.3 is 26.7 Å². The molecular weight excluding hydrogens is 525 g/mol. The summed E-state index contributed by atoms with van der Waals surface area (Å²) < 4.78 is 14.7. The first-order valence-corrected chi connectivity index (χ1v) is 14.2. The average Bonchev–Trinajstić information content (AvgIpc) is 3.53. The lowest BCUT2D eigenvalue weighted by atomic mass is 9.92. The Labute approximate surface area is 239 Å². The second-order valence-corrected chi connectivity index (χ2v) is 11.1. The summed E-state index contributed by atoms with van der Waals surface area (Å²) in [7, 11) is 0. The third-order valence-electron chi connectivity index (χ3n) is 8.18. The highest BCUT2D eigenvalue weighted by Crippen LogP contribution is 2.40. The molecule has 218 valence electrons. The van der Waals surface area contributed by atoms with Crippen molar-refractivity contribution in [2.45, 2.75) is 62.7 Å². The van der Waals surface area contributed by atoms with E-state index >= 15 is 0 Å². The third kappa shape index (κ3) is 6.86. The number of carbonyl (C=O) groups excluding carboxylic acids is 3. The quantitative estimate of drug-likeness (QED) is 0.265. The molecule has 1 saturated carbocycles. The summed E-state index contributed by atoms with van der Waals surface area (Å²) in [6.07, 6.45) is 5.45. The van der Waals surface area contributed by atoms with E-state index in [0.717, 1.165) is 12.1 Å². The fraction of sp³-hybridized carbons (Fsp3) is 0.433. The largest absolute Gasteiger partial charge is 0.367 e. The van der Waals surface area contributed by atoms with Gasteiger partial charge >= 0.3 is 0 Å². The van der Waals surface area contributed by atoms with E-state index in [4.69, 9.17) is 5.73 Å². The van der Waals surface area contributed by atoms with Crippen molar-refractivity contribution in [2.75, 3.05) is 24.6 Å². The summed E-state index contributed by atoms with van der Waals surface area (Å²) in [5.41, 5.74) is 12.8. The molecule has 0 unspecified atom stereocenters. The zero-order valence-electron chi connectivity index (χ0n) is 23.2. The molecular formula is C30H38FN7O3. The van der Waals surface area contributed by atoms with Crippen LogP contribution in [0.15, 0.2) is 60.9 Å². The smallest absolute Gasteiger partial charge is 0.255 e. The summed E-state index contributed by atoms with van der Waals surface area (Å²) in [4.78, 5) is 39.7. The number of nitrogens with one attached hydrogen (secondary N) is 4. The van der Waals surface area contributed by atoms with Crippen molar-refractivity contribution in [3.8, 4) is 0 Å². The number of primary amides is 1. The van der Waals surface area contributed by atoms with E-state index in [9.17, 15) is 18.8 Å². The van der Waals surface area contributed by atoms with Crippen LogP contribution < -0.4 is 32.3 Å². The molecule has 3 aliphatic rings. The fourth-order valence-corrected chi connectivity index (χ4v) is 5.42. The zero-order chi connectivity index (χ0) is 29.0. The van der Waals surface area contributed by atoms with Crippen LogP contribution in [-0.2, 0) is 9.59 Å². The minimum absolute atomic E-state index is 0.0717. The van der Waals surface area contributed by atoms with Crippen LogP contribution in [0.3, 0.4) is 0 Å². The lowest BCUT2D eigenvalue weighted by Crippen LogP contribution is -2.55. The highest BCUT2D eigenvalue weighted by atomic mass is 19.1. The molecule has 3 atom stereocenters. The monoisotopic (exact) mass is 563 g/mol. The lowest BCUT2D eigenvalue weighted by Gasteiger charge is -2.36. The molecule has 6 N–H and O–H groups in total. The molecule has 0 aromatic heterocycles. The van der Waals surface area contributed by atoms with Crippen LogP contribution in [0.25, 0.3) is 0 Å². The van der Waals surface area contributed by atoms with Crippen molar-refractivity contribution < 1.29 is 18.8 Å². The molecule has 0 bridgehead atoms. The third-order valence-corrected chi connectivity index (χ3v) is 8.18. The van der Waals surface area contributed by atoms with Crippen molar-refractivity contribution in [3.05, 3.63) is 77.6 Å². The van der Waals surface area contributed by atoms with Crippen LogP contribution in [0.1, 0.15) is 59.5 Å². The number of hydrogen-bond donors (Lipinski definition) is 5. The van der Waals surface area contributed by atoms with E-state index in [0.29, 0.717) is 36.9 Å². The average molecular weight is 564 g/mol. The molecule has 3 amide bonds. The molecule has 10 nitrogen and oxygen atoms in total. The Morgan fingerprint density at radius 1 is 1.10 bits per heavy atom. The van der Waals surface area contributed by atoms with E-state index in [2.05, 4.69) is 52.8 Å². The highest BCUT2D eigenvalue weighted by molar-refractivity contribution is 5.98. The molecule has 2 aromatic rings. The maximum Gasteiger partial charge on any atom is 0.255 e. The van der Waals surface area contributed by atoms with Crippen molar-refractivity contribution >= 4 is 23.4 Å². The van der Waals surface area contributed by atoms with Gasteiger partial charge in [0.1, 0.15) is 6.04 Å². The van der Waals surface area contributed by atoms with Crippen LogP contribution in [0.2, 0.25) is 0 Å². The van der Waals surface area contributed by atoms with Crippen molar-refractivity contribution in [3.63, 3.8) is 0 Å². The standard InChI is InChI=1S/C30H38FN7O3/c1-20-4-6-21(7-5-20)24-19-26(24)33-14-2-3-25(28(40)37-16-12-30(31,13-17-37)29(32)41)35-27(39)22-8-10-23(11-9-22)38-18-15-34-36-38/h4-11,15,18,24-26,33-34,36H,2-3,12-14,16-17,19H2,1H3,(H2,32,41)(H,35,39)/t24-,25-,26+/m0/s1. The lowest BCUT2D eigenvalue weighted by molar-refractivity contribution is -0.141. The first-order valence-electron chi connectivity index (χ1n) is 14.2. The summed E-state index contributed by atoms with van der Waals surface area (Å²) in [5, 5.41) is 8.24. The molecule has 2 fully saturated rings. The van der Waals surface area contributed by atoms with Gasteiger partial charge in [-0.05, 0) is 62.6 Å². The van der Waals surface area contributed by atoms with Gasteiger partial charge in [0.2, 0.25) is 5.91 Å². The summed E-state index contributed by atoms with van der Waals surface area (Å²) >= 11 is 0. The molecule has 2 aliphatic heterocycles. The topological polar surface area (TPSA) is 132 Å². The minimum Gasteiger partial charge on any atom is -0.367 e. The second kappa shape index (κ2) is 12.3. The number of piperidine rings is 1. The van der Waals surface area contributed by atoms with Gasteiger partial charge in [0.15, 0.2) is 5.67 Å². The van der Waals surface area contributed by atoms with Crippen LogP contribution in [0, 0.1) is 6.92 Å². The Morgan fingerprint density at radius 3 is 2.44 bits per heavy atom. The predicted molar refractivity (Wildman–Crippen MR) is 154 cm³/mol. The van der Waals surface area contributed by atoms with Crippen molar-refractivity contribution in [2.24, 2.45) is 5.73 Å². The Morgan fingerprint density at radius 2 is 1.80 bits per heavy atom. The molecule has 11 heteroatoms. The molecule has 0 spiro atoms. The Bertz CT molecular complexity index is 1280. The predicted octanol–water partition coefficient (Wildman–Crippen LogP) is 2.14. The Balaban J connectivity index is 1.18. The first kappa shape index (κ1) is 28.6. The fourth-order valence-electron chi connectivity index (χ4n) is 5.42. The molecule has 41 heavy (non-hydrogen) atoms. The van der Waals surface area contributed by atoms with Gasteiger partial charge in [-0.3, -0.25) is 19.4 Å². The molecule has 2 aromatic carbocycles. The molecule has 1 saturated heterocycles. The number of anilines is 1. The molecule has 0 radical (unpaired) electrons. The number of aryl methyl sites for hydroxylation is 1. The van der Waals surface area contributed by atoms with Crippen LogP contribution in [0.4, 0.5) is 10.1 Å². The van der Waals surface area contributed by atoms with Gasteiger partial charge in [0.05, 0.1) is 5.69 Å². The normalized spacial score (nSPS) is 21.7. The Hall–Kier alpha value is -3.96. The minimum atomic E-state index is -2.10. The SMILES string of the molecule is Cc1ccc([C@@H]2C[C@H]2NCCC[C@H](NC(=O)c2ccc(N3C=CNN3)cc2)C(=O)N2CCC(F)(C(N)=O)CC2)cc1. The Kier molecular flexibility index (Phi) is 8.55. The van der Waals surface area contributed by atoms with Gasteiger partial charge in [-0.15, -0.1) is 5.53 Å². The number of benzene rings is 2. The van der Waals surface area contributed by atoms with Gasteiger partial charge in [-0.2, -0.15) is 0 Å².